The van der Waals surface area contributed by atoms with Gasteiger partial charge in [0.1, 0.15) is 0 Å². The Morgan fingerprint density at radius 1 is 0.783 bits per heavy atom. The van der Waals surface area contributed by atoms with Gasteiger partial charge in [0.2, 0.25) is 0 Å². The first kappa shape index (κ1) is 19.3. The monoisotopic (exact) mass is 329 g/mol. The van der Waals surface area contributed by atoms with Gasteiger partial charge in [-0.15, -0.1) is 0 Å². The maximum absolute atomic E-state index is 6.20. The highest BCUT2D eigenvalue weighted by molar-refractivity contribution is 6.80. The van der Waals surface area contributed by atoms with E-state index >= 15 is 0 Å². The van der Waals surface area contributed by atoms with Gasteiger partial charge in [-0.25, -0.2) is 4.58 Å². The van der Waals surface area contributed by atoms with Crippen molar-refractivity contribution in [3.05, 3.63) is 60.7 Å². The smallest absolute Gasteiger partial charge is 0.432 e. The van der Waals surface area contributed by atoms with Gasteiger partial charge < -0.3 is 17.1 Å². The second-order valence-electron chi connectivity index (χ2n) is 6.08. The van der Waals surface area contributed by atoms with E-state index in [0.29, 0.717) is 12.1 Å². The van der Waals surface area contributed by atoms with Crippen LogP contribution in [0.3, 0.4) is 0 Å². The van der Waals surface area contributed by atoms with E-state index in [1.807, 2.05) is 18.5 Å². The number of rotatable bonds is 6. The Kier molecular flexibility index (Phi) is 7.90. The molecule has 0 aliphatic carbocycles. The standard InChI is InChI=1S/C19H25BNO.ClH/c1-16(2)21(17(3)4)15-22-20(18-11-7-5-8-12-18)19-13-9-6-10-14-19;/h5-17H,1-4H3;1H/q+1;/p-1. The van der Waals surface area contributed by atoms with Crippen molar-refractivity contribution in [3.63, 3.8) is 0 Å². The van der Waals surface area contributed by atoms with E-state index in [1.165, 1.54) is 0 Å². The minimum atomic E-state index is -0.0811. The largest absolute Gasteiger partial charge is 1.00 e. The zero-order valence-electron chi connectivity index (χ0n) is 14.3. The summed E-state index contributed by atoms with van der Waals surface area (Å²) in [6.07, 6.45) is 1.89. The number of benzene rings is 2. The predicted octanol–water partition coefficient (Wildman–Crippen LogP) is -0.329. The van der Waals surface area contributed by atoms with Crippen molar-refractivity contribution in [3.8, 4) is 0 Å². The van der Waals surface area contributed by atoms with Crippen molar-refractivity contribution in [2.45, 2.75) is 39.8 Å². The molecule has 0 aromatic heterocycles. The molecule has 2 rings (SSSR count). The third-order valence-corrected chi connectivity index (χ3v) is 3.72. The first-order valence-corrected chi connectivity index (χ1v) is 7.95. The summed E-state index contributed by atoms with van der Waals surface area (Å²) in [4.78, 5) is 0. The fourth-order valence-corrected chi connectivity index (χ4v) is 2.58. The molecular formula is C19H25BClNO. The molecule has 23 heavy (non-hydrogen) atoms. The predicted molar refractivity (Wildman–Crippen MR) is 95.6 cm³/mol. The van der Waals surface area contributed by atoms with Gasteiger partial charge in [-0.1, -0.05) is 60.7 Å². The molecule has 2 aromatic rings. The Hall–Kier alpha value is -1.74. The summed E-state index contributed by atoms with van der Waals surface area (Å²) < 4.78 is 8.43. The molecule has 0 atom stereocenters. The van der Waals surface area contributed by atoms with Crippen molar-refractivity contribution < 1.29 is 21.6 Å². The van der Waals surface area contributed by atoms with Crippen LogP contribution < -0.4 is 23.3 Å². The van der Waals surface area contributed by atoms with Gasteiger partial charge in [0.25, 0.3) is 0 Å². The van der Waals surface area contributed by atoms with Crippen LogP contribution >= 0.6 is 0 Å². The molecule has 0 saturated heterocycles. The van der Waals surface area contributed by atoms with Crippen molar-refractivity contribution >= 4 is 24.2 Å². The van der Waals surface area contributed by atoms with E-state index < -0.39 is 0 Å². The van der Waals surface area contributed by atoms with Crippen LogP contribution in [0.2, 0.25) is 0 Å². The lowest BCUT2D eigenvalue weighted by atomic mass is 9.55. The average molecular weight is 330 g/mol. The van der Waals surface area contributed by atoms with Gasteiger partial charge in [0.15, 0.2) is 12.1 Å². The molecular weight excluding hydrogens is 304 g/mol. The molecule has 0 aliphatic heterocycles. The van der Waals surface area contributed by atoms with Gasteiger partial charge in [0.05, 0.1) is 0 Å². The lowest BCUT2D eigenvalue weighted by Gasteiger charge is -2.15. The number of halogens is 1. The number of nitrogens with zero attached hydrogens (tertiary/aromatic N) is 1. The normalized spacial score (nSPS) is 10.2. The Labute approximate surface area is 146 Å². The molecule has 0 aliphatic rings. The summed E-state index contributed by atoms with van der Waals surface area (Å²) in [7, 11) is 0. The third-order valence-electron chi connectivity index (χ3n) is 3.72. The van der Waals surface area contributed by atoms with Crippen LogP contribution in [0.5, 0.6) is 0 Å². The molecule has 0 bridgehead atoms. The Bertz CT molecular complexity index is 550. The quantitative estimate of drug-likeness (QED) is 0.306. The first-order chi connectivity index (χ1) is 10.6. The van der Waals surface area contributed by atoms with Crippen LogP contribution in [0, 0.1) is 0 Å². The van der Waals surface area contributed by atoms with Crippen molar-refractivity contribution in [1.82, 2.24) is 0 Å². The molecule has 0 amide bonds. The summed E-state index contributed by atoms with van der Waals surface area (Å²) in [6.45, 7) is 8.64. The molecule has 2 aromatic carbocycles. The van der Waals surface area contributed by atoms with Gasteiger partial charge in [-0.05, 0) is 38.6 Å². The highest BCUT2D eigenvalue weighted by atomic mass is 35.5. The first-order valence-electron chi connectivity index (χ1n) is 7.95. The maximum Gasteiger partial charge on any atom is 0.432 e. The summed E-state index contributed by atoms with van der Waals surface area (Å²) in [5, 5.41) is 0. The summed E-state index contributed by atoms with van der Waals surface area (Å²) >= 11 is 0. The fourth-order valence-electron chi connectivity index (χ4n) is 2.58. The van der Waals surface area contributed by atoms with E-state index in [1.54, 1.807) is 0 Å². The SMILES string of the molecule is CC(C)[N+](=COB(c1ccccc1)c1ccccc1)C(C)C.[Cl-]. The second kappa shape index (κ2) is 9.41. The van der Waals surface area contributed by atoms with Gasteiger partial charge in [0, 0.05) is 0 Å². The minimum Gasteiger partial charge on any atom is -1.00 e. The lowest BCUT2D eigenvalue weighted by molar-refractivity contribution is -0.588. The van der Waals surface area contributed by atoms with E-state index in [0.717, 1.165) is 10.9 Å². The van der Waals surface area contributed by atoms with Crippen LogP contribution in [-0.2, 0) is 4.65 Å². The van der Waals surface area contributed by atoms with Crippen LogP contribution in [-0.4, -0.2) is 30.0 Å². The highest BCUT2D eigenvalue weighted by Crippen LogP contribution is 1.98. The zero-order valence-corrected chi connectivity index (χ0v) is 15.1. The number of hydrogen-bond acceptors (Lipinski definition) is 1. The topological polar surface area (TPSA) is 12.2 Å². The molecule has 0 saturated carbocycles. The van der Waals surface area contributed by atoms with Gasteiger partial charge in [-0.2, -0.15) is 0 Å². The van der Waals surface area contributed by atoms with E-state index in [9.17, 15) is 0 Å². The number of hydrogen-bond donors (Lipinski definition) is 0. The summed E-state index contributed by atoms with van der Waals surface area (Å²) in [5.41, 5.74) is 2.33. The summed E-state index contributed by atoms with van der Waals surface area (Å²) in [6, 6.07) is 21.5. The Balaban J connectivity index is 0.00000264. The van der Waals surface area contributed by atoms with E-state index in [2.05, 4.69) is 80.8 Å². The molecule has 0 radical (unpaired) electrons. The highest BCUT2D eigenvalue weighted by Gasteiger charge is 2.24. The van der Waals surface area contributed by atoms with Crippen LogP contribution in [0.1, 0.15) is 27.7 Å². The fraction of sp³-hybridized carbons (Fsp3) is 0.316. The second-order valence-corrected chi connectivity index (χ2v) is 6.08. The molecule has 122 valence electrons. The molecule has 0 fully saturated rings. The van der Waals surface area contributed by atoms with Crippen molar-refractivity contribution in [2.24, 2.45) is 0 Å². The van der Waals surface area contributed by atoms with Crippen LogP contribution in [0.25, 0.3) is 0 Å². The molecule has 0 spiro atoms. The molecule has 0 N–H and O–H groups in total. The van der Waals surface area contributed by atoms with Crippen molar-refractivity contribution in [1.29, 1.82) is 0 Å². The van der Waals surface area contributed by atoms with Crippen molar-refractivity contribution in [2.75, 3.05) is 0 Å². The van der Waals surface area contributed by atoms with E-state index in [4.69, 9.17) is 4.65 Å². The molecule has 0 heterocycles. The van der Waals surface area contributed by atoms with E-state index in [-0.39, 0.29) is 19.3 Å². The third kappa shape index (κ3) is 5.44. The Morgan fingerprint density at radius 2 is 1.17 bits per heavy atom. The zero-order chi connectivity index (χ0) is 15.9. The summed E-state index contributed by atoms with van der Waals surface area (Å²) in [5.74, 6) is 0. The lowest BCUT2D eigenvalue weighted by Crippen LogP contribution is -3.00. The van der Waals surface area contributed by atoms with Crippen LogP contribution in [0.4, 0.5) is 0 Å². The average Bonchev–Trinajstić information content (AvgIpc) is 2.52. The van der Waals surface area contributed by atoms with Gasteiger partial charge >= 0.3 is 13.3 Å². The maximum atomic E-state index is 6.20. The minimum absolute atomic E-state index is 0. The van der Waals surface area contributed by atoms with Gasteiger partial charge in [-0.3, -0.25) is 0 Å². The Morgan fingerprint density at radius 3 is 1.52 bits per heavy atom. The van der Waals surface area contributed by atoms with Crippen LogP contribution in [0.15, 0.2) is 60.7 Å². The molecule has 0 unspecified atom stereocenters. The molecule has 2 nitrogen and oxygen atoms in total. The molecule has 4 heteroatoms.